The molecule has 0 aliphatic carbocycles. The monoisotopic (exact) mass is 273 g/mol. The van der Waals surface area contributed by atoms with Gasteiger partial charge < -0.3 is 15.0 Å². The molecule has 1 aliphatic heterocycles. The van der Waals surface area contributed by atoms with Gasteiger partial charge in [0.2, 0.25) is 0 Å². The van der Waals surface area contributed by atoms with Crippen LogP contribution >= 0.6 is 0 Å². The van der Waals surface area contributed by atoms with E-state index in [9.17, 15) is 0 Å². The second-order valence-corrected chi connectivity index (χ2v) is 5.97. The number of nitrogens with two attached hydrogens (primary N) is 1. The van der Waals surface area contributed by atoms with Crippen molar-refractivity contribution in [1.82, 2.24) is 9.55 Å². The summed E-state index contributed by atoms with van der Waals surface area (Å²) >= 11 is 0. The zero-order chi connectivity index (χ0) is 14.1. The Balaban J connectivity index is 1.99. The molecule has 0 spiro atoms. The van der Waals surface area contributed by atoms with E-state index in [2.05, 4.69) is 24.5 Å². The molecule has 1 fully saturated rings. The summed E-state index contributed by atoms with van der Waals surface area (Å²) in [6.07, 6.45) is 3.92. The van der Waals surface area contributed by atoms with Gasteiger partial charge in [-0.3, -0.25) is 0 Å². The minimum Gasteiger partial charge on any atom is -0.399 e. The van der Waals surface area contributed by atoms with E-state index in [4.69, 9.17) is 15.5 Å². The lowest BCUT2D eigenvalue weighted by Gasteiger charge is -2.24. The molecule has 20 heavy (non-hydrogen) atoms. The highest BCUT2D eigenvalue weighted by Crippen LogP contribution is 2.25. The number of aromatic nitrogens is 2. The quantitative estimate of drug-likeness (QED) is 0.873. The molecular weight excluding hydrogens is 250 g/mol. The third kappa shape index (κ3) is 2.52. The van der Waals surface area contributed by atoms with E-state index >= 15 is 0 Å². The Morgan fingerprint density at radius 3 is 2.95 bits per heavy atom. The smallest absolute Gasteiger partial charge is 0.112 e. The van der Waals surface area contributed by atoms with Gasteiger partial charge in [-0.1, -0.05) is 13.8 Å². The van der Waals surface area contributed by atoms with Crippen molar-refractivity contribution < 1.29 is 4.74 Å². The standard InChI is InChI=1S/C16H23N3O/c1-11(2)16-18-14-9-12(17)6-7-15(14)19(16)10-13-5-3-4-8-20-13/h6-7,9,11,13H,3-5,8,10,17H2,1-2H3. The minimum absolute atomic E-state index is 0.316. The first kappa shape index (κ1) is 13.4. The largest absolute Gasteiger partial charge is 0.399 e. The molecule has 2 heterocycles. The number of hydrogen-bond acceptors (Lipinski definition) is 3. The Bertz CT molecular complexity index is 597. The summed E-state index contributed by atoms with van der Waals surface area (Å²) in [5, 5.41) is 0. The highest BCUT2D eigenvalue weighted by molar-refractivity contribution is 5.79. The summed E-state index contributed by atoms with van der Waals surface area (Å²) in [5.74, 6) is 1.52. The molecule has 1 saturated heterocycles. The SMILES string of the molecule is CC(C)c1nc2cc(N)ccc2n1CC1CCCCO1. The number of fused-ring (bicyclic) bond motifs is 1. The number of anilines is 1. The van der Waals surface area contributed by atoms with E-state index < -0.39 is 0 Å². The second kappa shape index (κ2) is 5.44. The molecule has 0 bridgehead atoms. The molecule has 108 valence electrons. The maximum Gasteiger partial charge on any atom is 0.112 e. The molecule has 1 aliphatic rings. The Labute approximate surface area is 119 Å². The van der Waals surface area contributed by atoms with Crippen LogP contribution in [0.4, 0.5) is 5.69 Å². The van der Waals surface area contributed by atoms with Crippen molar-refractivity contribution in [3.8, 4) is 0 Å². The van der Waals surface area contributed by atoms with Crippen LogP contribution in [0.5, 0.6) is 0 Å². The van der Waals surface area contributed by atoms with Gasteiger partial charge in [-0.05, 0) is 37.5 Å². The highest BCUT2D eigenvalue weighted by atomic mass is 16.5. The topological polar surface area (TPSA) is 53.1 Å². The number of imidazole rings is 1. The van der Waals surface area contributed by atoms with Gasteiger partial charge in [0.1, 0.15) is 5.82 Å². The highest BCUT2D eigenvalue weighted by Gasteiger charge is 2.19. The molecule has 1 atom stereocenters. The van der Waals surface area contributed by atoms with Crippen molar-refractivity contribution in [3.05, 3.63) is 24.0 Å². The van der Waals surface area contributed by atoms with Crippen molar-refractivity contribution in [1.29, 1.82) is 0 Å². The third-order valence-electron chi connectivity index (χ3n) is 3.98. The average molecular weight is 273 g/mol. The Morgan fingerprint density at radius 2 is 2.25 bits per heavy atom. The summed E-state index contributed by atoms with van der Waals surface area (Å²) in [5.41, 5.74) is 8.79. The molecule has 4 heteroatoms. The minimum atomic E-state index is 0.316. The second-order valence-electron chi connectivity index (χ2n) is 5.97. The van der Waals surface area contributed by atoms with Gasteiger partial charge in [0.05, 0.1) is 23.7 Å². The first-order valence-electron chi connectivity index (χ1n) is 7.52. The maximum atomic E-state index is 5.89. The van der Waals surface area contributed by atoms with Crippen molar-refractivity contribution in [2.45, 2.75) is 51.7 Å². The normalized spacial score (nSPS) is 19.9. The van der Waals surface area contributed by atoms with Gasteiger partial charge in [0.15, 0.2) is 0 Å². The van der Waals surface area contributed by atoms with Crippen molar-refractivity contribution in [2.75, 3.05) is 12.3 Å². The molecule has 0 radical (unpaired) electrons. The molecule has 1 aromatic heterocycles. The van der Waals surface area contributed by atoms with E-state index in [0.717, 1.165) is 42.1 Å². The lowest BCUT2D eigenvalue weighted by molar-refractivity contribution is 0.00610. The van der Waals surface area contributed by atoms with Crippen molar-refractivity contribution >= 4 is 16.7 Å². The van der Waals surface area contributed by atoms with E-state index in [-0.39, 0.29) is 0 Å². The van der Waals surface area contributed by atoms with Crippen LogP contribution in [0.15, 0.2) is 18.2 Å². The zero-order valence-electron chi connectivity index (χ0n) is 12.3. The number of nitrogens with zero attached hydrogens (tertiary/aromatic N) is 2. The summed E-state index contributed by atoms with van der Waals surface area (Å²) in [6.45, 7) is 6.15. The maximum absolute atomic E-state index is 5.89. The first-order valence-corrected chi connectivity index (χ1v) is 7.52. The number of ether oxygens (including phenoxy) is 1. The zero-order valence-corrected chi connectivity index (χ0v) is 12.3. The molecule has 0 saturated carbocycles. The summed E-state index contributed by atoms with van der Waals surface area (Å²) in [4.78, 5) is 4.77. The summed E-state index contributed by atoms with van der Waals surface area (Å²) in [7, 11) is 0. The molecule has 1 aromatic carbocycles. The van der Waals surface area contributed by atoms with Crippen LogP contribution in [-0.4, -0.2) is 22.3 Å². The van der Waals surface area contributed by atoms with Crippen LogP contribution in [0.2, 0.25) is 0 Å². The number of hydrogen-bond donors (Lipinski definition) is 1. The third-order valence-corrected chi connectivity index (χ3v) is 3.98. The predicted octanol–water partition coefficient (Wildman–Crippen LogP) is 3.31. The lowest BCUT2D eigenvalue weighted by Crippen LogP contribution is -2.25. The molecule has 2 aromatic rings. The van der Waals surface area contributed by atoms with Crippen LogP contribution in [0.3, 0.4) is 0 Å². The van der Waals surface area contributed by atoms with Crippen LogP contribution in [0.25, 0.3) is 11.0 Å². The fourth-order valence-corrected chi connectivity index (χ4v) is 2.95. The van der Waals surface area contributed by atoms with Gasteiger partial charge in [0.25, 0.3) is 0 Å². The number of rotatable bonds is 3. The predicted molar refractivity (Wildman–Crippen MR) is 81.8 cm³/mol. The van der Waals surface area contributed by atoms with Crippen molar-refractivity contribution in [2.24, 2.45) is 0 Å². The Morgan fingerprint density at radius 1 is 1.40 bits per heavy atom. The summed E-state index contributed by atoms with van der Waals surface area (Å²) in [6, 6.07) is 5.98. The van der Waals surface area contributed by atoms with Crippen LogP contribution < -0.4 is 5.73 Å². The molecule has 1 unspecified atom stereocenters. The van der Waals surface area contributed by atoms with Gasteiger partial charge >= 0.3 is 0 Å². The first-order chi connectivity index (χ1) is 9.65. The summed E-state index contributed by atoms with van der Waals surface area (Å²) < 4.78 is 8.20. The fourth-order valence-electron chi connectivity index (χ4n) is 2.95. The fraction of sp³-hybridized carbons (Fsp3) is 0.562. The number of benzene rings is 1. The molecule has 4 nitrogen and oxygen atoms in total. The van der Waals surface area contributed by atoms with Crippen LogP contribution in [-0.2, 0) is 11.3 Å². The molecule has 3 rings (SSSR count). The number of nitrogen functional groups attached to an aromatic ring is 1. The van der Waals surface area contributed by atoms with Gasteiger partial charge in [-0.2, -0.15) is 0 Å². The van der Waals surface area contributed by atoms with E-state index in [0.29, 0.717) is 12.0 Å². The van der Waals surface area contributed by atoms with Gasteiger partial charge in [-0.25, -0.2) is 4.98 Å². The van der Waals surface area contributed by atoms with E-state index in [1.54, 1.807) is 0 Å². The van der Waals surface area contributed by atoms with E-state index in [1.807, 2.05) is 12.1 Å². The molecule has 2 N–H and O–H groups in total. The lowest BCUT2D eigenvalue weighted by atomic mass is 10.1. The van der Waals surface area contributed by atoms with Gasteiger partial charge in [-0.15, -0.1) is 0 Å². The van der Waals surface area contributed by atoms with Crippen molar-refractivity contribution in [3.63, 3.8) is 0 Å². The van der Waals surface area contributed by atoms with Gasteiger partial charge in [0, 0.05) is 18.2 Å². The Hall–Kier alpha value is -1.55. The average Bonchev–Trinajstić information content (AvgIpc) is 2.78. The molecular formula is C16H23N3O. The molecule has 0 amide bonds. The van der Waals surface area contributed by atoms with Crippen LogP contribution in [0, 0.1) is 0 Å². The Kier molecular flexibility index (Phi) is 3.66. The van der Waals surface area contributed by atoms with Crippen LogP contribution in [0.1, 0.15) is 44.9 Å². The van der Waals surface area contributed by atoms with E-state index in [1.165, 1.54) is 12.8 Å².